The van der Waals surface area contributed by atoms with Crippen LogP contribution in [0.15, 0.2) is 53.7 Å². The van der Waals surface area contributed by atoms with Gasteiger partial charge in [0.15, 0.2) is 0 Å². The van der Waals surface area contributed by atoms with Gasteiger partial charge in [0.1, 0.15) is 5.60 Å². The average Bonchev–Trinajstić information content (AvgIpc) is 3.11. The molecular weight excluding hydrogens is 442 g/mol. The van der Waals surface area contributed by atoms with Crippen LogP contribution < -0.4 is 5.43 Å². The molecule has 7 heteroatoms. The van der Waals surface area contributed by atoms with Crippen molar-refractivity contribution in [3.63, 3.8) is 0 Å². The molecule has 0 aromatic heterocycles. The van der Waals surface area contributed by atoms with Crippen molar-refractivity contribution in [2.24, 2.45) is 5.16 Å². The van der Waals surface area contributed by atoms with E-state index in [0.29, 0.717) is 12.3 Å². The Hall–Kier alpha value is -3.61. The number of fused-ring (bicyclic) bond motifs is 3. The first kappa shape index (κ1) is 26.0. The molecule has 0 saturated heterocycles. The number of ether oxygens (including phenoxy) is 1. The Morgan fingerprint density at radius 2 is 1.69 bits per heavy atom. The second-order valence-corrected chi connectivity index (χ2v) is 9.68. The zero-order valence-electron chi connectivity index (χ0n) is 21.0. The molecule has 0 bridgehead atoms. The van der Waals surface area contributed by atoms with Gasteiger partial charge in [-0.05, 0) is 62.8 Å². The second kappa shape index (κ2) is 11.7. The number of unbranched alkanes of at least 4 members (excludes halogenated alkanes) is 4. The van der Waals surface area contributed by atoms with Crippen molar-refractivity contribution >= 4 is 23.8 Å². The number of benzene rings is 2. The van der Waals surface area contributed by atoms with Gasteiger partial charge in [-0.1, -0.05) is 61.4 Å². The third-order valence-corrected chi connectivity index (χ3v) is 5.68. The fourth-order valence-electron chi connectivity index (χ4n) is 4.07. The van der Waals surface area contributed by atoms with Gasteiger partial charge in [-0.2, -0.15) is 0 Å². The molecule has 0 atom stereocenters. The van der Waals surface area contributed by atoms with E-state index in [0.717, 1.165) is 59.9 Å². The molecule has 7 nitrogen and oxygen atoms in total. The van der Waals surface area contributed by atoms with Gasteiger partial charge in [0.2, 0.25) is 5.91 Å². The molecule has 2 aromatic carbocycles. The third-order valence-electron chi connectivity index (χ3n) is 5.68. The number of nitrogens with zero attached hydrogens (tertiary/aromatic N) is 2. The number of rotatable bonds is 8. The summed E-state index contributed by atoms with van der Waals surface area (Å²) < 4.78 is 5.21. The van der Waals surface area contributed by atoms with Crippen LogP contribution >= 0.6 is 0 Å². The van der Waals surface area contributed by atoms with Gasteiger partial charge in [0.05, 0.1) is 5.71 Å². The normalized spacial score (nSPS) is 13.5. The van der Waals surface area contributed by atoms with Crippen LogP contribution in [-0.2, 0) is 9.53 Å². The Bertz CT molecular complexity index is 1120. The van der Waals surface area contributed by atoms with E-state index >= 15 is 0 Å². The maximum Gasteiger partial charge on any atom is 0.426 e. The van der Waals surface area contributed by atoms with Crippen molar-refractivity contribution in [1.82, 2.24) is 10.4 Å². The lowest BCUT2D eigenvalue weighted by Crippen LogP contribution is -2.47. The van der Waals surface area contributed by atoms with E-state index in [2.05, 4.69) is 34.9 Å². The number of carbonyl (C=O) groups excluding carboxylic acids is 2. The standard InChI is InChI=1S/C28H35N3O4/c1-20(32)31(29-27(33)35-28(2,3)4)18-12-8-6-5-7-9-13-21-16-17-23-22-14-10-11-15-24(22)26(30-34)25(23)19-21/h9-11,13-17,19,34H,5-8,12,18H2,1-4H3,(H,29,33)/p-1/b13-9+,30-26+. The first-order valence-corrected chi connectivity index (χ1v) is 12.1. The molecule has 0 aliphatic heterocycles. The molecule has 0 heterocycles. The SMILES string of the molecule is CC(=O)N(CCCCCC/C=C/c1ccc2c(c1)/C(=N/[O-])c1ccccc1-2)NC(=O)OC(C)(C)C. The van der Waals surface area contributed by atoms with Crippen molar-refractivity contribution in [2.75, 3.05) is 6.54 Å². The zero-order chi connectivity index (χ0) is 25.4. The molecule has 0 fully saturated rings. The van der Waals surface area contributed by atoms with Crippen LogP contribution in [0.5, 0.6) is 0 Å². The quantitative estimate of drug-likeness (QED) is 0.307. The number of nitrogens with one attached hydrogen (secondary N) is 1. The minimum Gasteiger partial charge on any atom is -0.791 e. The maximum absolute atomic E-state index is 11.9. The topological polar surface area (TPSA) is 94.1 Å². The summed E-state index contributed by atoms with van der Waals surface area (Å²) in [5.41, 5.74) is 7.33. The maximum atomic E-state index is 11.9. The first-order valence-electron chi connectivity index (χ1n) is 12.1. The molecule has 0 unspecified atom stereocenters. The molecule has 1 aliphatic carbocycles. The van der Waals surface area contributed by atoms with Crippen molar-refractivity contribution in [3.05, 3.63) is 70.4 Å². The molecule has 2 amide bonds. The molecule has 1 N–H and O–H groups in total. The highest BCUT2D eigenvalue weighted by atomic mass is 16.6. The summed E-state index contributed by atoms with van der Waals surface area (Å²) in [6.45, 7) is 7.21. The van der Waals surface area contributed by atoms with Crippen LogP contribution in [0.4, 0.5) is 4.79 Å². The smallest absolute Gasteiger partial charge is 0.426 e. The summed E-state index contributed by atoms with van der Waals surface area (Å²) in [7, 11) is 0. The van der Waals surface area contributed by atoms with Gasteiger partial charge >= 0.3 is 6.09 Å². The molecule has 35 heavy (non-hydrogen) atoms. The molecule has 0 saturated carbocycles. The van der Waals surface area contributed by atoms with E-state index in [4.69, 9.17) is 4.74 Å². The fourth-order valence-corrected chi connectivity index (χ4v) is 4.07. The fraction of sp³-hybridized carbons (Fsp3) is 0.393. The predicted molar refractivity (Wildman–Crippen MR) is 140 cm³/mol. The van der Waals surface area contributed by atoms with E-state index in [1.807, 2.05) is 30.3 Å². The van der Waals surface area contributed by atoms with E-state index < -0.39 is 11.7 Å². The van der Waals surface area contributed by atoms with Crippen LogP contribution in [0, 0.1) is 5.21 Å². The van der Waals surface area contributed by atoms with E-state index in [1.165, 1.54) is 11.9 Å². The minimum atomic E-state index is -0.623. The van der Waals surface area contributed by atoms with E-state index in [9.17, 15) is 14.8 Å². The second-order valence-electron chi connectivity index (χ2n) is 9.68. The van der Waals surface area contributed by atoms with Gasteiger partial charge in [-0.3, -0.25) is 9.80 Å². The monoisotopic (exact) mass is 476 g/mol. The summed E-state index contributed by atoms with van der Waals surface area (Å²) in [6.07, 6.45) is 8.33. The number of hydrazine groups is 1. The Balaban J connectivity index is 1.41. The molecule has 186 valence electrons. The number of hydrogen-bond acceptors (Lipinski definition) is 5. The molecule has 3 rings (SSSR count). The summed E-state index contributed by atoms with van der Waals surface area (Å²) in [5.74, 6) is -0.221. The predicted octanol–water partition coefficient (Wildman–Crippen LogP) is 6.25. The highest BCUT2D eigenvalue weighted by Gasteiger charge is 2.23. The van der Waals surface area contributed by atoms with Gasteiger partial charge in [-0.25, -0.2) is 10.2 Å². The van der Waals surface area contributed by atoms with Crippen molar-refractivity contribution in [3.8, 4) is 11.1 Å². The highest BCUT2D eigenvalue weighted by Crippen LogP contribution is 2.37. The minimum absolute atomic E-state index is 0.221. The summed E-state index contributed by atoms with van der Waals surface area (Å²) >= 11 is 0. The number of hydrogen-bond donors (Lipinski definition) is 1. The number of amides is 2. The van der Waals surface area contributed by atoms with E-state index in [-0.39, 0.29) is 5.91 Å². The Morgan fingerprint density at radius 3 is 2.37 bits per heavy atom. The van der Waals surface area contributed by atoms with Crippen molar-refractivity contribution < 1.29 is 14.3 Å². The first-order chi connectivity index (χ1) is 16.7. The lowest BCUT2D eigenvalue weighted by Gasteiger charge is -2.25. The Labute approximate surface area is 207 Å². The van der Waals surface area contributed by atoms with Crippen LogP contribution in [0.3, 0.4) is 0 Å². The largest absolute Gasteiger partial charge is 0.791 e. The highest BCUT2D eigenvalue weighted by molar-refractivity contribution is 6.24. The van der Waals surface area contributed by atoms with Gasteiger partial charge in [0, 0.05) is 24.6 Å². The Morgan fingerprint density at radius 1 is 1.00 bits per heavy atom. The Kier molecular flexibility index (Phi) is 8.68. The van der Waals surface area contributed by atoms with Crippen molar-refractivity contribution in [2.45, 2.75) is 65.4 Å². The van der Waals surface area contributed by atoms with Crippen LogP contribution in [0.1, 0.15) is 76.5 Å². The van der Waals surface area contributed by atoms with Crippen LogP contribution in [0.2, 0.25) is 0 Å². The number of carbonyl (C=O) groups is 2. The average molecular weight is 477 g/mol. The lowest BCUT2D eigenvalue weighted by molar-refractivity contribution is -0.132. The summed E-state index contributed by atoms with van der Waals surface area (Å²) in [4.78, 5) is 23.7. The van der Waals surface area contributed by atoms with Gasteiger partial charge in [-0.15, -0.1) is 0 Å². The molecule has 1 aliphatic rings. The van der Waals surface area contributed by atoms with Crippen molar-refractivity contribution in [1.29, 1.82) is 0 Å². The van der Waals surface area contributed by atoms with Crippen LogP contribution in [0.25, 0.3) is 17.2 Å². The zero-order valence-corrected chi connectivity index (χ0v) is 21.0. The van der Waals surface area contributed by atoms with Gasteiger partial charge in [0.25, 0.3) is 0 Å². The molecule has 0 radical (unpaired) electrons. The lowest BCUT2D eigenvalue weighted by atomic mass is 10.0. The van der Waals surface area contributed by atoms with Crippen LogP contribution in [-0.4, -0.2) is 34.9 Å². The molecule has 0 spiro atoms. The third kappa shape index (κ3) is 7.18. The number of allylic oxidation sites excluding steroid dienone is 1. The van der Waals surface area contributed by atoms with Gasteiger partial charge < -0.3 is 15.1 Å². The molecule has 2 aromatic rings. The summed E-state index contributed by atoms with van der Waals surface area (Å²) in [6, 6.07) is 14.0. The summed E-state index contributed by atoms with van der Waals surface area (Å²) in [5, 5.41) is 16.1. The van der Waals surface area contributed by atoms with E-state index in [1.54, 1.807) is 20.8 Å². The molecular formula is C28H34N3O4-.